The van der Waals surface area contributed by atoms with E-state index in [0.29, 0.717) is 10.6 Å². The van der Waals surface area contributed by atoms with Crippen LogP contribution in [0.4, 0.5) is 0 Å². The summed E-state index contributed by atoms with van der Waals surface area (Å²) in [6.07, 6.45) is -0.125. The monoisotopic (exact) mass is 414 g/mol. The average Bonchev–Trinajstić information content (AvgIpc) is 3.30. The molecule has 0 radical (unpaired) electrons. The third-order valence-corrected chi connectivity index (χ3v) is 5.90. The average molecular weight is 415 g/mol. The first kappa shape index (κ1) is 20.2. The number of rotatable bonds is 7. The fourth-order valence-corrected chi connectivity index (χ4v) is 4.44. The molecule has 5 nitrogen and oxygen atoms in total. The molecule has 0 aliphatic heterocycles. The second-order valence-corrected chi connectivity index (χ2v) is 8.40. The predicted molar refractivity (Wildman–Crippen MR) is 113 cm³/mol. The van der Waals surface area contributed by atoms with Crippen LogP contribution in [-0.2, 0) is 9.53 Å². The van der Waals surface area contributed by atoms with Crippen LogP contribution in [0.15, 0.2) is 47.2 Å². The van der Waals surface area contributed by atoms with E-state index in [1.165, 1.54) is 11.3 Å². The summed E-state index contributed by atoms with van der Waals surface area (Å²) in [5, 5.41) is 7.80. The van der Waals surface area contributed by atoms with Gasteiger partial charge in [-0.2, -0.15) is 11.3 Å². The number of carbonyl (C=O) groups excluding carboxylic acids is 2. The number of aromatic nitrogens is 1. The van der Waals surface area contributed by atoms with Crippen molar-refractivity contribution in [1.29, 1.82) is 0 Å². The fraction of sp³-hybridized carbons (Fsp3) is 0.286. The van der Waals surface area contributed by atoms with Gasteiger partial charge in [-0.1, -0.05) is 30.3 Å². The Bertz CT molecular complexity index is 934. The third-order valence-electron chi connectivity index (χ3n) is 4.02. The van der Waals surface area contributed by atoms with E-state index in [1.807, 2.05) is 54.1 Å². The van der Waals surface area contributed by atoms with Crippen LogP contribution in [0, 0.1) is 6.92 Å². The maximum atomic E-state index is 12.9. The number of aryl methyl sites for hydroxylation is 1. The first-order valence-corrected chi connectivity index (χ1v) is 10.7. The number of carbonyl (C=O) groups is 2. The maximum absolute atomic E-state index is 12.9. The Balaban J connectivity index is 1.80. The summed E-state index contributed by atoms with van der Waals surface area (Å²) in [6, 6.07) is 11.0. The van der Waals surface area contributed by atoms with Gasteiger partial charge in [0.25, 0.3) is 5.91 Å². The summed E-state index contributed by atoms with van der Waals surface area (Å²) in [7, 11) is 0. The molecule has 3 aromatic rings. The molecular formula is C21H22N2O3S2. The molecular weight excluding hydrogens is 392 g/mol. The van der Waals surface area contributed by atoms with Crippen molar-refractivity contribution < 1.29 is 14.3 Å². The van der Waals surface area contributed by atoms with Crippen LogP contribution in [0.5, 0.6) is 0 Å². The first-order valence-electron chi connectivity index (χ1n) is 8.99. The van der Waals surface area contributed by atoms with Crippen molar-refractivity contribution in [1.82, 2.24) is 10.3 Å². The molecule has 0 saturated carbocycles. The number of benzene rings is 1. The van der Waals surface area contributed by atoms with Crippen molar-refractivity contribution in [2.45, 2.75) is 39.3 Å². The van der Waals surface area contributed by atoms with Crippen molar-refractivity contribution in [3.63, 3.8) is 0 Å². The lowest BCUT2D eigenvalue weighted by Gasteiger charge is -2.19. The quantitative estimate of drug-likeness (QED) is 0.553. The van der Waals surface area contributed by atoms with Gasteiger partial charge in [0.05, 0.1) is 24.3 Å². The molecule has 0 aliphatic rings. The van der Waals surface area contributed by atoms with E-state index in [-0.39, 0.29) is 24.4 Å². The van der Waals surface area contributed by atoms with Gasteiger partial charge in [-0.3, -0.25) is 9.59 Å². The van der Waals surface area contributed by atoms with Crippen molar-refractivity contribution in [2.24, 2.45) is 0 Å². The standard InChI is InChI=1S/C21H22N2O3S2/c1-13(2)26-18(24)11-17(15-7-5-4-6-8-15)23-20(25)19-14(3)22-21(28-19)16-9-10-27-12-16/h4-10,12-13,17H,11H2,1-3H3,(H,23,25). The van der Waals surface area contributed by atoms with Gasteiger partial charge >= 0.3 is 5.97 Å². The largest absolute Gasteiger partial charge is 0.463 e. The van der Waals surface area contributed by atoms with E-state index >= 15 is 0 Å². The Kier molecular flexibility index (Phi) is 6.59. The minimum absolute atomic E-state index is 0.0726. The van der Waals surface area contributed by atoms with E-state index in [2.05, 4.69) is 10.3 Å². The zero-order valence-electron chi connectivity index (χ0n) is 16.0. The molecule has 0 bridgehead atoms. The third kappa shape index (κ3) is 5.05. The number of nitrogens with zero attached hydrogens (tertiary/aromatic N) is 1. The van der Waals surface area contributed by atoms with Gasteiger partial charge in [0.15, 0.2) is 0 Å². The van der Waals surface area contributed by atoms with Crippen LogP contribution in [0.25, 0.3) is 10.6 Å². The molecule has 28 heavy (non-hydrogen) atoms. The molecule has 7 heteroatoms. The maximum Gasteiger partial charge on any atom is 0.308 e. The Morgan fingerprint density at radius 1 is 1.18 bits per heavy atom. The predicted octanol–water partition coefficient (Wildman–Crippen LogP) is 4.99. The molecule has 1 atom stereocenters. The molecule has 1 unspecified atom stereocenters. The number of thiazole rings is 1. The smallest absolute Gasteiger partial charge is 0.308 e. The van der Waals surface area contributed by atoms with Crippen molar-refractivity contribution in [3.8, 4) is 10.6 Å². The van der Waals surface area contributed by atoms with Gasteiger partial charge in [0.2, 0.25) is 0 Å². The molecule has 146 valence electrons. The van der Waals surface area contributed by atoms with E-state index in [4.69, 9.17) is 4.74 Å². The van der Waals surface area contributed by atoms with Crippen LogP contribution in [-0.4, -0.2) is 23.0 Å². The molecule has 3 rings (SSSR count). The Morgan fingerprint density at radius 3 is 2.57 bits per heavy atom. The van der Waals surface area contributed by atoms with Gasteiger partial charge in [0, 0.05) is 10.9 Å². The normalized spacial score (nSPS) is 12.0. The van der Waals surface area contributed by atoms with Gasteiger partial charge in [-0.25, -0.2) is 4.98 Å². The summed E-state index contributed by atoms with van der Waals surface area (Å²) in [5.41, 5.74) is 2.55. The number of hydrogen-bond donors (Lipinski definition) is 1. The Labute approximate surface area is 172 Å². The van der Waals surface area contributed by atoms with Crippen molar-refractivity contribution in [3.05, 3.63) is 63.3 Å². The van der Waals surface area contributed by atoms with Crippen LogP contribution in [0.3, 0.4) is 0 Å². The van der Waals surface area contributed by atoms with Gasteiger partial charge in [-0.15, -0.1) is 11.3 Å². The first-order chi connectivity index (χ1) is 13.4. The number of esters is 1. The van der Waals surface area contributed by atoms with Gasteiger partial charge < -0.3 is 10.1 Å². The van der Waals surface area contributed by atoms with Crippen LogP contribution in [0.2, 0.25) is 0 Å². The molecule has 1 N–H and O–H groups in total. The highest BCUT2D eigenvalue weighted by Gasteiger charge is 2.23. The van der Waals surface area contributed by atoms with Gasteiger partial charge in [0.1, 0.15) is 9.88 Å². The summed E-state index contributed by atoms with van der Waals surface area (Å²) in [4.78, 5) is 30.2. The lowest BCUT2D eigenvalue weighted by molar-refractivity contribution is -0.147. The number of hydrogen-bond acceptors (Lipinski definition) is 6. The zero-order chi connectivity index (χ0) is 20.1. The molecule has 2 heterocycles. The number of thiophene rings is 1. The second-order valence-electron chi connectivity index (χ2n) is 6.63. The molecule has 0 saturated heterocycles. The molecule has 0 aliphatic carbocycles. The highest BCUT2D eigenvalue weighted by Crippen LogP contribution is 2.30. The highest BCUT2D eigenvalue weighted by molar-refractivity contribution is 7.17. The molecule has 1 aromatic carbocycles. The minimum Gasteiger partial charge on any atom is -0.463 e. The number of nitrogens with one attached hydrogen (secondary N) is 1. The number of amides is 1. The van der Waals surface area contributed by atoms with Gasteiger partial charge in [-0.05, 0) is 37.8 Å². The fourth-order valence-electron chi connectivity index (χ4n) is 2.76. The molecule has 0 fully saturated rings. The lowest BCUT2D eigenvalue weighted by Crippen LogP contribution is -2.31. The van der Waals surface area contributed by atoms with E-state index in [0.717, 1.165) is 16.1 Å². The molecule has 2 aromatic heterocycles. The van der Waals surface area contributed by atoms with Crippen LogP contribution in [0.1, 0.15) is 47.2 Å². The molecule has 0 spiro atoms. The number of ether oxygens (including phenoxy) is 1. The second kappa shape index (κ2) is 9.12. The molecule has 1 amide bonds. The summed E-state index contributed by atoms with van der Waals surface area (Å²) in [6.45, 7) is 5.44. The summed E-state index contributed by atoms with van der Waals surface area (Å²) in [5.74, 6) is -0.577. The van der Waals surface area contributed by atoms with E-state index in [9.17, 15) is 9.59 Å². The Morgan fingerprint density at radius 2 is 1.93 bits per heavy atom. The SMILES string of the molecule is Cc1nc(-c2ccsc2)sc1C(=O)NC(CC(=O)OC(C)C)c1ccccc1. The lowest BCUT2D eigenvalue weighted by atomic mass is 10.0. The summed E-state index contributed by atoms with van der Waals surface area (Å²) >= 11 is 2.95. The van der Waals surface area contributed by atoms with Crippen molar-refractivity contribution in [2.75, 3.05) is 0 Å². The minimum atomic E-state index is -0.467. The van der Waals surface area contributed by atoms with Crippen LogP contribution >= 0.6 is 22.7 Å². The van der Waals surface area contributed by atoms with E-state index < -0.39 is 6.04 Å². The highest BCUT2D eigenvalue weighted by atomic mass is 32.1. The topological polar surface area (TPSA) is 68.3 Å². The van der Waals surface area contributed by atoms with Crippen molar-refractivity contribution >= 4 is 34.6 Å². The van der Waals surface area contributed by atoms with E-state index in [1.54, 1.807) is 25.2 Å². The van der Waals surface area contributed by atoms with Crippen LogP contribution < -0.4 is 5.32 Å². The summed E-state index contributed by atoms with van der Waals surface area (Å²) < 4.78 is 5.27. The zero-order valence-corrected chi connectivity index (χ0v) is 17.6. The Hall–Kier alpha value is -2.51.